The van der Waals surface area contributed by atoms with Crippen LogP contribution in [-0.2, 0) is 11.3 Å². The van der Waals surface area contributed by atoms with E-state index in [1.54, 1.807) is 0 Å². The molecule has 1 saturated heterocycles. The van der Waals surface area contributed by atoms with E-state index in [1.807, 2.05) is 0 Å². The van der Waals surface area contributed by atoms with Crippen LogP contribution in [0.5, 0.6) is 5.88 Å². The minimum atomic E-state index is -0.816. The van der Waals surface area contributed by atoms with Crippen molar-refractivity contribution in [2.75, 3.05) is 7.05 Å². The number of nitrogens with two attached hydrogens (primary N) is 1. The average molecular weight is 473 g/mol. The standard InChI is InChI=1S/C23H32N6O5/c1-27-19(32)23(26-20(27)33)11-22(12-23)8-6-14(7-9-22)29-18(31)15(16(24)25)17(30)28(21(29)34)10-13-4-2-3-5-13/h13-14,30H,2-12H2,1H3,(H3,24,25)(H,26,33). The molecule has 2 heterocycles. The molecule has 1 aromatic rings. The van der Waals surface area contributed by atoms with Crippen LogP contribution in [0.4, 0.5) is 4.79 Å². The number of likely N-dealkylation sites (N-methyl/N-ethyl adjacent to an activating group) is 1. The summed E-state index contributed by atoms with van der Waals surface area (Å²) in [6, 6.07) is -0.740. The number of amides is 3. The molecule has 11 heteroatoms. The number of nitrogen functional groups attached to an aromatic ring is 1. The number of nitrogens with zero attached hydrogens (tertiary/aromatic N) is 3. The van der Waals surface area contributed by atoms with Gasteiger partial charge in [-0.25, -0.2) is 9.59 Å². The third kappa shape index (κ3) is 3.27. The second-order valence-electron chi connectivity index (χ2n) is 10.8. The highest BCUT2D eigenvalue weighted by Gasteiger charge is 2.64. The monoisotopic (exact) mass is 472 g/mol. The molecular formula is C23H32N6O5. The lowest BCUT2D eigenvalue weighted by atomic mass is 9.51. The van der Waals surface area contributed by atoms with Crippen LogP contribution in [0.3, 0.4) is 0 Å². The molecular weight excluding hydrogens is 440 g/mol. The van der Waals surface area contributed by atoms with Gasteiger partial charge in [0, 0.05) is 19.6 Å². The molecule has 0 radical (unpaired) electrons. The van der Waals surface area contributed by atoms with E-state index in [2.05, 4.69) is 5.32 Å². The topological polar surface area (TPSA) is 164 Å². The summed E-state index contributed by atoms with van der Waals surface area (Å²) >= 11 is 0. The summed E-state index contributed by atoms with van der Waals surface area (Å²) in [4.78, 5) is 52.1. The number of aromatic nitrogens is 2. The highest BCUT2D eigenvalue weighted by molar-refractivity contribution is 6.07. The van der Waals surface area contributed by atoms with Crippen molar-refractivity contribution in [1.82, 2.24) is 19.4 Å². The lowest BCUT2D eigenvalue weighted by molar-refractivity contribution is -0.141. The number of hydrogen-bond donors (Lipinski definition) is 4. The summed E-state index contributed by atoms with van der Waals surface area (Å²) in [6.45, 7) is 0.305. The number of rotatable bonds is 4. The van der Waals surface area contributed by atoms with Crippen LogP contribution in [0.15, 0.2) is 9.59 Å². The average Bonchev–Trinajstić information content (AvgIpc) is 3.35. The molecule has 184 valence electrons. The molecule has 1 aliphatic heterocycles. The fraction of sp³-hybridized carbons (Fsp3) is 0.696. The highest BCUT2D eigenvalue weighted by atomic mass is 16.3. The number of carbonyl (C=O) groups excluding carboxylic acids is 2. The predicted octanol–water partition coefficient (Wildman–Crippen LogP) is 1.01. The van der Waals surface area contributed by atoms with Gasteiger partial charge < -0.3 is 16.2 Å². The molecule has 0 unspecified atom stereocenters. The number of urea groups is 1. The van der Waals surface area contributed by atoms with E-state index in [-0.39, 0.29) is 34.9 Å². The van der Waals surface area contributed by atoms with Crippen molar-refractivity contribution in [3.8, 4) is 5.88 Å². The number of nitrogens with one attached hydrogen (secondary N) is 2. The van der Waals surface area contributed by atoms with Crippen molar-refractivity contribution in [3.05, 3.63) is 26.4 Å². The van der Waals surface area contributed by atoms with Gasteiger partial charge in [-0.05, 0) is 62.7 Å². The van der Waals surface area contributed by atoms with Crippen LogP contribution in [0.2, 0.25) is 0 Å². The number of imide groups is 1. The normalized spacial score (nSPS) is 31.3. The Hall–Kier alpha value is -3.11. The van der Waals surface area contributed by atoms with E-state index >= 15 is 0 Å². The van der Waals surface area contributed by atoms with Crippen LogP contribution in [0.1, 0.15) is 75.8 Å². The molecule has 11 nitrogen and oxygen atoms in total. The van der Waals surface area contributed by atoms with Gasteiger partial charge in [0.2, 0.25) is 5.88 Å². The molecule has 3 aliphatic carbocycles. The second-order valence-corrected chi connectivity index (χ2v) is 10.8. The summed E-state index contributed by atoms with van der Waals surface area (Å²) in [5.41, 5.74) is 3.14. The van der Waals surface area contributed by atoms with Gasteiger partial charge in [0.1, 0.15) is 16.9 Å². The van der Waals surface area contributed by atoms with Gasteiger partial charge in [-0.3, -0.25) is 29.0 Å². The first-order chi connectivity index (χ1) is 16.1. The van der Waals surface area contributed by atoms with Crippen LogP contribution in [0.25, 0.3) is 0 Å². The maximum atomic E-state index is 13.4. The van der Waals surface area contributed by atoms with Crippen molar-refractivity contribution in [1.29, 1.82) is 5.41 Å². The van der Waals surface area contributed by atoms with Gasteiger partial charge in [0.15, 0.2) is 0 Å². The zero-order valence-electron chi connectivity index (χ0n) is 19.4. The molecule has 34 heavy (non-hydrogen) atoms. The minimum absolute atomic E-state index is 0.0998. The Labute approximate surface area is 196 Å². The number of hydrogen-bond acceptors (Lipinski definition) is 6. The first-order valence-corrected chi connectivity index (χ1v) is 12.1. The predicted molar refractivity (Wildman–Crippen MR) is 123 cm³/mol. The smallest absolute Gasteiger partial charge is 0.334 e. The Morgan fingerprint density at radius 1 is 1.12 bits per heavy atom. The third-order valence-electron chi connectivity index (χ3n) is 8.63. The molecule has 5 rings (SSSR count). The number of aromatic hydroxyl groups is 1. The Balaban J connectivity index is 1.40. The minimum Gasteiger partial charge on any atom is -0.494 e. The Morgan fingerprint density at radius 2 is 1.74 bits per heavy atom. The van der Waals surface area contributed by atoms with Gasteiger partial charge in [-0.15, -0.1) is 0 Å². The van der Waals surface area contributed by atoms with Crippen LogP contribution in [-0.4, -0.2) is 49.5 Å². The Bertz CT molecular complexity index is 1180. The molecule has 3 saturated carbocycles. The van der Waals surface area contributed by atoms with E-state index in [0.29, 0.717) is 32.2 Å². The third-order valence-corrected chi connectivity index (χ3v) is 8.63. The fourth-order valence-electron chi connectivity index (χ4n) is 6.88. The van der Waals surface area contributed by atoms with Gasteiger partial charge in [0.25, 0.3) is 11.5 Å². The summed E-state index contributed by atoms with van der Waals surface area (Å²) in [7, 11) is 1.48. The van der Waals surface area contributed by atoms with Crippen LogP contribution < -0.4 is 22.3 Å². The second kappa shape index (κ2) is 7.71. The van der Waals surface area contributed by atoms with E-state index in [1.165, 1.54) is 16.2 Å². The van der Waals surface area contributed by atoms with Gasteiger partial charge in [0.05, 0.1) is 0 Å². The van der Waals surface area contributed by atoms with Gasteiger partial charge in [-0.1, -0.05) is 12.8 Å². The first-order valence-electron chi connectivity index (χ1n) is 12.1. The SMILES string of the molecule is CN1C(=O)NC2(CC3(CCC(n4c(=O)c(C(=N)N)c(O)n(CC5CCCC5)c4=O)CC3)C2)C1=O. The zero-order chi connectivity index (χ0) is 24.4. The maximum Gasteiger partial charge on any atom is 0.334 e. The molecule has 1 aromatic heterocycles. The van der Waals surface area contributed by atoms with E-state index < -0.39 is 28.5 Å². The molecule has 2 spiro atoms. The van der Waals surface area contributed by atoms with Crippen LogP contribution in [0, 0.1) is 16.7 Å². The zero-order valence-corrected chi connectivity index (χ0v) is 19.4. The lowest BCUT2D eigenvalue weighted by Crippen LogP contribution is -2.63. The van der Waals surface area contributed by atoms with Crippen molar-refractivity contribution in [3.63, 3.8) is 0 Å². The van der Waals surface area contributed by atoms with Crippen molar-refractivity contribution in [2.45, 2.75) is 82.3 Å². The van der Waals surface area contributed by atoms with E-state index in [4.69, 9.17) is 11.1 Å². The van der Waals surface area contributed by atoms with Gasteiger partial charge in [-0.2, -0.15) is 0 Å². The molecule has 0 bridgehead atoms. The highest BCUT2D eigenvalue weighted by Crippen LogP contribution is 2.59. The molecule has 4 aliphatic rings. The summed E-state index contributed by atoms with van der Waals surface area (Å²) in [5, 5.41) is 21.4. The van der Waals surface area contributed by atoms with E-state index in [9.17, 15) is 24.3 Å². The maximum absolute atomic E-state index is 13.4. The van der Waals surface area contributed by atoms with Crippen molar-refractivity contribution < 1.29 is 14.7 Å². The van der Waals surface area contributed by atoms with Crippen molar-refractivity contribution >= 4 is 17.8 Å². The molecule has 0 atom stereocenters. The van der Waals surface area contributed by atoms with Gasteiger partial charge >= 0.3 is 11.7 Å². The summed E-state index contributed by atoms with van der Waals surface area (Å²) in [5.74, 6) is -1.02. The van der Waals surface area contributed by atoms with E-state index in [0.717, 1.165) is 43.4 Å². The lowest BCUT2D eigenvalue weighted by Gasteiger charge is -2.55. The van der Waals surface area contributed by atoms with Crippen LogP contribution >= 0.6 is 0 Å². The molecule has 3 amide bonds. The quantitative estimate of drug-likeness (QED) is 0.290. The Morgan fingerprint density at radius 3 is 2.26 bits per heavy atom. The number of carbonyl (C=O) groups is 2. The Kier molecular flexibility index (Phi) is 5.14. The summed E-state index contributed by atoms with van der Waals surface area (Å²) in [6.07, 6.45) is 7.76. The molecule has 4 fully saturated rings. The molecule has 5 N–H and O–H groups in total. The summed E-state index contributed by atoms with van der Waals surface area (Å²) < 4.78 is 2.41. The number of amidine groups is 1. The molecule has 0 aromatic carbocycles. The first kappa shape index (κ1) is 22.7. The largest absolute Gasteiger partial charge is 0.494 e. The van der Waals surface area contributed by atoms with Crippen molar-refractivity contribution in [2.24, 2.45) is 17.1 Å². The fourth-order valence-corrected chi connectivity index (χ4v) is 6.88.